The van der Waals surface area contributed by atoms with Crippen LogP contribution in [0.1, 0.15) is 36.7 Å². The monoisotopic (exact) mass is 382 g/mol. The summed E-state index contributed by atoms with van der Waals surface area (Å²) in [5, 5.41) is 1.29. The number of carbonyl (C=O) groups excluding carboxylic acids is 1. The molecule has 3 aromatic rings. The molecule has 0 spiro atoms. The van der Waals surface area contributed by atoms with Crippen molar-refractivity contribution < 1.29 is 9.53 Å². The highest BCUT2D eigenvalue weighted by Gasteiger charge is 2.13. The minimum absolute atomic E-state index is 0.0126. The predicted octanol–water partition coefficient (Wildman–Crippen LogP) is 4.31. The van der Waals surface area contributed by atoms with E-state index in [1.807, 2.05) is 44.2 Å². The molecule has 27 heavy (non-hydrogen) atoms. The standard InChI is InChI=1S/C21H22N2O3S/c1-4-23-20(25)17-8-6-7-9-18(17)22-21(23)27-13-16-12-15(14(3)24)10-11-19(16)26-5-2/h6-12H,4-5,13H2,1-3H3. The van der Waals surface area contributed by atoms with Gasteiger partial charge in [-0.25, -0.2) is 4.98 Å². The van der Waals surface area contributed by atoms with Crippen LogP contribution in [0.25, 0.3) is 10.9 Å². The molecule has 2 aromatic carbocycles. The lowest BCUT2D eigenvalue weighted by Crippen LogP contribution is -2.22. The van der Waals surface area contributed by atoms with E-state index >= 15 is 0 Å². The molecule has 6 heteroatoms. The highest BCUT2D eigenvalue weighted by Crippen LogP contribution is 2.29. The van der Waals surface area contributed by atoms with E-state index in [9.17, 15) is 9.59 Å². The Labute approximate surface area is 162 Å². The molecule has 0 aliphatic rings. The Morgan fingerprint density at radius 2 is 1.96 bits per heavy atom. The van der Waals surface area contributed by atoms with Crippen molar-refractivity contribution in [2.45, 2.75) is 38.2 Å². The highest BCUT2D eigenvalue weighted by atomic mass is 32.2. The van der Waals surface area contributed by atoms with E-state index in [1.165, 1.54) is 11.8 Å². The minimum Gasteiger partial charge on any atom is -0.494 e. The summed E-state index contributed by atoms with van der Waals surface area (Å²) in [4.78, 5) is 29.1. The Kier molecular flexibility index (Phi) is 5.96. The minimum atomic E-state index is -0.0341. The molecule has 1 heterocycles. The van der Waals surface area contributed by atoms with Gasteiger partial charge in [0.2, 0.25) is 0 Å². The second-order valence-electron chi connectivity index (χ2n) is 6.06. The van der Waals surface area contributed by atoms with Gasteiger partial charge in [-0.2, -0.15) is 0 Å². The van der Waals surface area contributed by atoms with E-state index in [1.54, 1.807) is 23.6 Å². The average molecular weight is 382 g/mol. The Bertz CT molecular complexity index is 1040. The molecule has 0 saturated carbocycles. The lowest BCUT2D eigenvalue weighted by molar-refractivity contribution is 0.101. The number of hydrogen-bond donors (Lipinski definition) is 0. The number of benzene rings is 2. The Balaban J connectivity index is 1.98. The predicted molar refractivity (Wildman–Crippen MR) is 109 cm³/mol. The molecule has 0 N–H and O–H groups in total. The number of rotatable bonds is 7. The molecule has 1 aromatic heterocycles. The quantitative estimate of drug-likeness (QED) is 0.346. The van der Waals surface area contributed by atoms with Gasteiger partial charge in [-0.05, 0) is 51.1 Å². The summed E-state index contributed by atoms with van der Waals surface area (Å²) in [5.74, 6) is 1.32. The molecule has 0 fully saturated rings. The molecule has 5 nitrogen and oxygen atoms in total. The van der Waals surface area contributed by atoms with Crippen molar-refractivity contribution >= 4 is 28.4 Å². The van der Waals surface area contributed by atoms with Gasteiger partial charge in [0.1, 0.15) is 5.75 Å². The summed E-state index contributed by atoms with van der Waals surface area (Å²) >= 11 is 1.47. The number of nitrogens with zero attached hydrogens (tertiary/aromatic N) is 2. The maximum Gasteiger partial charge on any atom is 0.262 e. The molecular formula is C21H22N2O3S. The summed E-state index contributed by atoms with van der Waals surface area (Å²) in [7, 11) is 0. The van der Waals surface area contributed by atoms with Crippen LogP contribution in [0.15, 0.2) is 52.4 Å². The number of thioether (sulfide) groups is 1. The Morgan fingerprint density at radius 1 is 1.19 bits per heavy atom. The van der Waals surface area contributed by atoms with Gasteiger partial charge >= 0.3 is 0 Å². The molecule has 0 aliphatic heterocycles. The van der Waals surface area contributed by atoms with Gasteiger partial charge in [0.25, 0.3) is 5.56 Å². The van der Waals surface area contributed by atoms with Crippen molar-refractivity contribution in [3.8, 4) is 5.75 Å². The molecule has 0 amide bonds. The van der Waals surface area contributed by atoms with E-state index in [0.717, 1.165) is 11.3 Å². The molecule has 0 atom stereocenters. The first kappa shape index (κ1) is 19.2. The van der Waals surface area contributed by atoms with Gasteiger partial charge in [-0.3, -0.25) is 14.2 Å². The second kappa shape index (κ2) is 8.39. The van der Waals surface area contributed by atoms with Crippen molar-refractivity contribution in [1.82, 2.24) is 9.55 Å². The molecule has 0 bridgehead atoms. The number of para-hydroxylation sites is 1. The fourth-order valence-corrected chi connectivity index (χ4v) is 3.93. The van der Waals surface area contributed by atoms with Gasteiger partial charge in [-0.15, -0.1) is 0 Å². The molecule has 0 unspecified atom stereocenters. The Hall–Kier alpha value is -2.60. The van der Waals surface area contributed by atoms with Gasteiger partial charge in [-0.1, -0.05) is 23.9 Å². The third kappa shape index (κ3) is 4.06. The number of hydrogen-bond acceptors (Lipinski definition) is 5. The van der Waals surface area contributed by atoms with E-state index in [4.69, 9.17) is 4.74 Å². The lowest BCUT2D eigenvalue weighted by atomic mass is 10.1. The zero-order valence-corrected chi connectivity index (χ0v) is 16.5. The van der Waals surface area contributed by atoms with Crippen LogP contribution >= 0.6 is 11.8 Å². The van der Waals surface area contributed by atoms with Crippen molar-refractivity contribution in [2.75, 3.05) is 6.61 Å². The van der Waals surface area contributed by atoms with Crippen LogP contribution in [0, 0.1) is 0 Å². The fraction of sp³-hybridized carbons (Fsp3) is 0.286. The number of ketones is 1. The molecular weight excluding hydrogens is 360 g/mol. The molecule has 0 saturated heterocycles. The molecule has 0 radical (unpaired) electrons. The van der Waals surface area contributed by atoms with Crippen molar-refractivity contribution in [3.63, 3.8) is 0 Å². The van der Waals surface area contributed by atoms with Gasteiger partial charge in [0.05, 0.1) is 17.5 Å². The molecule has 3 rings (SSSR count). The van der Waals surface area contributed by atoms with E-state index < -0.39 is 0 Å². The van der Waals surface area contributed by atoms with Crippen LogP contribution in [0.3, 0.4) is 0 Å². The topological polar surface area (TPSA) is 61.2 Å². The van der Waals surface area contributed by atoms with Crippen LogP contribution in [0.5, 0.6) is 5.75 Å². The van der Waals surface area contributed by atoms with Crippen LogP contribution < -0.4 is 10.3 Å². The van der Waals surface area contributed by atoms with Crippen molar-refractivity contribution in [3.05, 3.63) is 63.9 Å². The van der Waals surface area contributed by atoms with Crippen molar-refractivity contribution in [1.29, 1.82) is 0 Å². The summed E-state index contributed by atoms with van der Waals surface area (Å²) < 4.78 is 7.38. The maximum atomic E-state index is 12.7. The van der Waals surface area contributed by atoms with Crippen LogP contribution in [0.2, 0.25) is 0 Å². The SMILES string of the molecule is CCOc1ccc(C(C)=O)cc1CSc1nc2ccccc2c(=O)n1CC. The number of carbonyl (C=O) groups is 1. The van der Waals surface area contributed by atoms with Crippen LogP contribution in [0.4, 0.5) is 0 Å². The summed E-state index contributed by atoms with van der Waals surface area (Å²) in [6.07, 6.45) is 0. The first-order chi connectivity index (χ1) is 13.0. The number of fused-ring (bicyclic) bond motifs is 1. The van der Waals surface area contributed by atoms with Gasteiger partial charge in [0, 0.05) is 23.4 Å². The number of ether oxygens (including phenoxy) is 1. The van der Waals surface area contributed by atoms with E-state index in [0.29, 0.717) is 40.5 Å². The summed E-state index contributed by atoms with van der Waals surface area (Å²) in [6.45, 7) is 6.50. The second-order valence-corrected chi connectivity index (χ2v) is 7.00. The summed E-state index contributed by atoms with van der Waals surface area (Å²) in [5.41, 5.74) is 2.22. The average Bonchev–Trinajstić information content (AvgIpc) is 2.67. The summed E-state index contributed by atoms with van der Waals surface area (Å²) in [6, 6.07) is 12.8. The van der Waals surface area contributed by atoms with E-state index in [-0.39, 0.29) is 11.3 Å². The normalized spacial score (nSPS) is 10.9. The van der Waals surface area contributed by atoms with E-state index in [2.05, 4.69) is 4.98 Å². The first-order valence-corrected chi connectivity index (χ1v) is 9.92. The van der Waals surface area contributed by atoms with Gasteiger partial charge in [0.15, 0.2) is 10.9 Å². The highest BCUT2D eigenvalue weighted by molar-refractivity contribution is 7.98. The molecule has 140 valence electrons. The zero-order chi connectivity index (χ0) is 19.4. The zero-order valence-electron chi connectivity index (χ0n) is 15.7. The third-order valence-corrected chi connectivity index (χ3v) is 5.29. The van der Waals surface area contributed by atoms with Crippen LogP contribution in [-0.2, 0) is 12.3 Å². The maximum absolute atomic E-state index is 12.7. The smallest absolute Gasteiger partial charge is 0.262 e. The molecule has 0 aliphatic carbocycles. The number of aromatic nitrogens is 2. The first-order valence-electron chi connectivity index (χ1n) is 8.94. The fourth-order valence-electron chi connectivity index (χ4n) is 2.89. The number of Topliss-reactive ketones (excluding diaryl/α,β-unsaturated/α-hetero) is 1. The van der Waals surface area contributed by atoms with Crippen LogP contribution in [-0.4, -0.2) is 21.9 Å². The van der Waals surface area contributed by atoms with Crippen molar-refractivity contribution in [2.24, 2.45) is 0 Å². The van der Waals surface area contributed by atoms with Gasteiger partial charge < -0.3 is 4.74 Å². The Morgan fingerprint density at radius 3 is 2.67 bits per heavy atom. The largest absolute Gasteiger partial charge is 0.494 e. The lowest BCUT2D eigenvalue weighted by Gasteiger charge is -2.14. The third-order valence-electron chi connectivity index (χ3n) is 4.27.